The quantitative estimate of drug-likeness (QED) is 0.892. The van der Waals surface area contributed by atoms with Gasteiger partial charge >= 0.3 is 0 Å². The minimum absolute atomic E-state index is 0.0577. The largest absolute Gasteiger partial charge is 0.327 e. The smallest absolute Gasteiger partial charge is 0.126 e. The molecule has 1 heterocycles. The molecule has 0 bridgehead atoms. The van der Waals surface area contributed by atoms with Gasteiger partial charge in [-0.05, 0) is 31.5 Å². The molecule has 3 nitrogen and oxygen atoms in total. The predicted molar refractivity (Wildman–Crippen MR) is 67.6 cm³/mol. The molecule has 1 aromatic heterocycles. The number of halogens is 1. The molecule has 2 rings (SSSR count). The number of nitrogens with zero attached hydrogens (tertiary/aromatic N) is 2. The van der Waals surface area contributed by atoms with Crippen LogP contribution in [0.15, 0.2) is 18.2 Å². The van der Waals surface area contributed by atoms with Crippen molar-refractivity contribution in [3.63, 3.8) is 0 Å². The Labute approximate surface area is 100 Å². The minimum Gasteiger partial charge on any atom is -0.327 e. The van der Waals surface area contributed by atoms with Crippen molar-refractivity contribution in [3.8, 4) is 0 Å². The van der Waals surface area contributed by atoms with Crippen molar-refractivity contribution in [2.24, 2.45) is 5.73 Å². The molecule has 86 valence electrons. The molecule has 1 aromatic carbocycles. The van der Waals surface area contributed by atoms with Gasteiger partial charge in [-0.2, -0.15) is 0 Å². The van der Waals surface area contributed by atoms with E-state index in [1.54, 1.807) is 0 Å². The van der Waals surface area contributed by atoms with Crippen LogP contribution in [0, 0.1) is 0 Å². The first kappa shape index (κ1) is 11.4. The highest BCUT2D eigenvalue weighted by Crippen LogP contribution is 2.23. The van der Waals surface area contributed by atoms with Crippen LogP contribution in [0.5, 0.6) is 0 Å². The van der Waals surface area contributed by atoms with E-state index in [1.165, 1.54) is 0 Å². The maximum Gasteiger partial charge on any atom is 0.126 e. The molecular weight excluding hydrogens is 222 g/mol. The van der Waals surface area contributed by atoms with Gasteiger partial charge in [-0.25, -0.2) is 4.98 Å². The minimum atomic E-state index is -0.0577. The summed E-state index contributed by atoms with van der Waals surface area (Å²) in [7, 11) is 0. The highest BCUT2D eigenvalue weighted by Gasteiger charge is 2.13. The lowest BCUT2D eigenvalue weighted by Crippen LogP contribution is -2.13. The second kappa shape index (κ2) is 4.44. The van der Waals surface area contributed by atoms with Gasteiger partial charge in [0.05, 0.1) is 17.1 Å². The summed E-state index contributed by atoms with van der Waals surface area (Å²) < 4.78 is 2.16. The molecule has 0 amide bonds. The standard InChI is InChI=1S/C12H16ClN3/c1-3-6-16-11-7-9(13)4-5-10(11)15-12(16)8(2)14/h4-5,7-8H,3,6,14H2,1-2H3. The summed E-state index contributed by atoms with van der Waals surface area (Å²) in [5, 5.41) is 0.737. The van der Waals surface area contributed by atoms with Crippen molar-refractivity contribution < 1.29 is 0 Å². The van der Waals surface area contributed by atoms with Gasteiger partial charge in [0.2, 0.25) is 0 Å². The third-order valence-corrected chi connectivity index (χ3v) is 2.83. The molecule has 0 saturated carbocycles. The Kier molecular flexibility index (Phi) is 3.17. The first-order chi connectivity index (χ1) is 7.63. The third kappa shape index (κ3) is 1.93. The van der Waals surface area contributed by atoms with Gasteiger partial charge in [0.1, 0.15) is 5.82 Å². The van der Waals surface area contributed by atoms with Gasteiger partial charge < -0.3 is 10.3 Å². The summed E-state index contributed by atoms with van der Waals surface area (Å²) in [6.45, 7) is 5.02. The Bertz CT molecular complexity index is 502. The lowest BCUT2D eigenvalue weighted by atomic mass is 10.3. The fourth-order valence-electron chi connectivity index (χ4n) is 1.92. The Morgan fingerprint density at radius 1 is 1.50 bits per heavy atom. The van der Waals surface area contributed by atoms with Crippen LogP contribution in [0.25, 0.3) is 11.0 Å². The first-order valence-corrected chi connectivity index (χ1v) is 5.92. The molecule has 0 aliphatic heterocycles. The fourth-order valence-corrected chi connectivity index (χ4v) is 2.09. The van der Waals surface area contributed by atoms with Gasteiger partial charge in [-0.1, -0.05) is 18.5 Å². The number of rotatable bonds is 3. The molecule has 2 aromatic rings. The van der Waals surface area contributed by atoms with Crippen molar-refractivity contribution in [2.75, 3.05) is 0 Å². The normalized spacial score (nSPS) is 13.2. The van der Waals surface area contributed by atoms with Crippen LogP contribution < -0.4 is 5.73 Å². The zero-order valence-corrected chi connectivity index (χ0v) is 10.3. The molecular formula is C12H16ClN3. The van der Waals surface area contributed by atoms with E-state index in [-0.39, 0.29) is 6.04 Å². The van der Waals surface area contributed by atoms with E-state index in [1.807, 2.05) is 25.1 Å². The third-order valence-electron chi connectivity index (χ3n) is 2.59. The van der Waals surface area contributed by atoms with E-state index >= 15 is 0 Å². The molecule has 0 saturated heterocycles. The van der Waals surface area contributed by atoms with Crippen LogP contribution in [-0.4, -0.2) is 9.55 Å². The van der Waals surface area contributed by atoms with Crippen LogP contribution in [0.1, 0.15) is 32.1 Å². The zero-order valence-electron chi connectivity index (χ0n) is 9.57. The van der Waals surface area contributed by atoms with Gasteiger partial charge in [0.15, 0.2) is 0 Å². The van der Waals surface area contributed by atoms with Gasteiger partial charge in [-0.3, -0.25) is 0 Å². The Balaban J connectivity index is 2.67. The summed E-state index contributed by atoms with van der Waals surface area (Å²) in [5.41, 5.74) is 7.96. The Hall–Kier alpha value is -1.06. The van der Waals surface area contributed by atoms with E-state index in [9.17, 15) is 0 Å². The Morgan fingerprint density at radius 2 is 2.25 bits per heavy atom. The maximum atomic E-state index is 6.01. The molecule has 0 aliphatic carbocycles. The number of fused-ring (bicyclic) bond motifs is 1. The molecule has 4 heteroatoms. The summed E-state index contributed by atoms with van der Waals surface area (Å²) in [4.78, 5) is 4.55. The first-order valence-electron chi connectivity index (χ1n) is 5.54. The molecule has 0 fully saturated rings. The van der Waals surface area contributed by atoms with Gasteiger partial charge in [0.25, 0.3) is 0 Å². The highest BCUT2D eigenvalue weighted by molar-refractivity contribution is 6.31. The van der Waals surface area contributed by atoms with Gasteiger partial charge in [-0.15, -0.1) is 0 Å². The molecule has 0 spiro atoms. The molecule has 0 aliphatic rings. The maximum absolute atomic E-state index is 6.01. The van der Waals surface area contributed by atoms with E-state index in [2.05, 4.69) is 16.5 Å². The zero-order chi connectivity index (χ0) is 11.7. The van der Waals surface area contributed by atoms with Crippen LogP contribution in [0.3, 0.4) is 0 Å². The predicted octanol–water partition coefficient (Wildman–Crippen LogP) is 3.12. The van der Waals surface area contributed by atoms with Gasteiger partial charge in [0, 0.05) is 11.6 Å². The number of nitrogens with two attached hydrogens (primary N) is 1. The number of benzene rings is 1. The summed E-state index contributed by atoms with van der Waals surface area (Å²) in [6.07, 6.45) is 1.05. The van der Waals surface area contributed by atoms with E-state index in [4.69, 9.17) is 17.3 Å². The highest BCUT2D eigenvalue weighted by atomic mass is 35.5. The molecule has 1 unspecified atom stereocenters. The number of aryl methyl sites for hydroxylation is 1. The summed E-state index contributed by atoms with van der Waals surface area (Å²) in [5.74, 6) is 0.930. The van der Waals surface area contributed by atoms with Crippen LogP contribution in [0.4, 0.5) is 0 Å². The number of hydrogen-bond donors (Lipinski definition) is 1. The summed E-state index contributed by atoms with van der Waals surface area (Å²) >= 11 is 6.01. The number of hydrogen-bond acceptors (Lipinski definition) is 2. The topological polar surface area (TPSA) is 43.8 Å². The molecule has 2 N–H and O–H groups in total. The lowest BCUT2D eigenvalue weighted by molar-refractivity contribution is 0.613. The van der Waals surface area contributed by atoms with Crippen molar-refractivity contribution >= 4 is 22.6 Å². The lowest BCUT2D eigenvalue weighted by Gasteiger charge is -2.09. The summed E-state index contributed by atoms with van der Waals surface area (Å²) in [6, 6.07) is 5.69. The van der Waals surface area contributed by atoms with Crippen LogP contribution >= 0.6 is 11.6 Å². The SMILES string of the molecule is CCCn1c(C(C)N)nc2ccc(Cl)cc21. The van der Waals surface area contributed by atoms with E-state index < -0.39 is 0 Å². The van der Waals surface area contributed by atoms with Crippen molar-refractivity contribution in [3.05, 3.63) is 29.0 Å². The average molecular weight is 238 g/mol. The monoisotopic (exact) mass is 237 g/mol. The van der Waals surface area contributed by atoms with Crippen molar-refractivity contribution in [1.82, 2.24) is 9.55 Å². The Morgan fingerprint density at radius 3 is 2.88 bits per heavy atom. The van der Waals surface area contributed by atoms with Crippen molar-refractivity contribution in [1.29, 1.82) is 0 Å². The molecule has 16 heavy (non-hydrogen) atoms. The fraction of sp³-hybridized carbons (Fsp3) is 0.417. The van der Waals surface area contributed by atoms with Crippen molar-refractivity contribution in [2.45, 2.75) is 32.9 Å². The van der Waals surface area contributed by atoms with E-state index in [0.29, 0.717) is 0 Å². The molecule has 0 radical (unpaired) electrons. The number of aromatic nitrogens is 2. The average Bonchev–Trinajstić information content (AvgIpc) is 2.58. The second-order valence-electron chi connectivity index (χ2n) is 4.04. The molecule has 1 atom stereocenters. The van der Waals surface area contributed by atoms with Crippen LogP contribution in [-0.2, 0) is 6.54 Å². The second-order valence-corrected chi connectivity index (χ2v) is 4.48. The van der Waals surface area contributed by atoms with Crippen LogP contribution in [0.2, 0.25) is 5.02 Å². The number of imidazole rings is 1. The van der Waals surface area contributed by atoms with E-state index in [0.717, 1.165) is 34.8 Å².